The molecule has 0 radical (unpaired) electrons. The van der Waals surface area contributed by atoms with Gasteiger partial charge in [-0.15, -0.1) is 0 Å². The summed E-state index contributed by atoms with van der Waals surface area (Å²) in [7, 11) is 0. The Morgan fingerprint density at radius 3 is 0.688 bits per heavy atom. The van der Waals surface area contributed by atoms with E-state index < -0.39 is 58.6 Å². The Balaban J connectivity index is 7.61. The molecule has 0 aliphatic heterocycles. The highest BCUT2D eigenvalue weighted by Crippen LogP contribution is 2.63. The Kier molecular flexibility index (Phi) is 78.1. The summed E-state index contributed by atoms with van der Waals surface area (Å²) < 4.78 is 7.00. The van der Waals surface area contributed by atoms with Crippen molar-refractivity contribution >= 4 is 29.8 Å². The minimum absolute atomic E-state index is 0.0173. The molecule has 0 spiro atoms. The van der Waals surface area contributed by atoms with Crippen LogP contribution in [0.2, 0.25) is 0 Å². The molecule has 0 saturated heterocycles. The van der Waals surface area contributed by atoms with Gasteiger partial charge in [0, 0.05) is 6.42 Å². The number of ether oxygens (including phenoxy) is 1. The zero-order chi connectivity index (χ0) is 79.8. The van der Waals surface area contributed by atoms with Gasteiger partial charge in [0.05, 0.1) is 11.8 Å². The maximum Gasteiger partial charge on any atom is 0.314 e. The number of unbranched alkanes of at least 4 members (excludes halogenated alkanes) is 71. The minimum atomic E-state index is -2.49. The van der Waals surface area contributed by atoms with Crippen LogP contribution in [0.3, 0.4) is 0 Å². The zero-order valence-corrected chi connectivity index (χ0v) is 73.7. The molecular formula is C99H188O10. The van der Waals surface area contributed by atoms with Gasteiger partial charge >= 0.3 is 29.8 Å². The number of rotatable bonds is 92. The molecule has 3 unspecified atom stereocenters. The lowest BCUT2D eigenvalue weighted by molar-refractivity contribution is -0.240. The van der Waals surface area contributed by atoms with Crippen LogP contribution in [0.25, 0.3) is 0 Å². The van der Waals surface area contributed by atoms with Gasteiger partial charge in [0.15, 0.2) is 0 Å². The van der Waals surface area contributed by atoms with E-state index in [4.69, 9.17) is 4.74 Å². The van der Waals surface area contributed by atoms with Gasteiger partial charge < -0.3 is 25.2 Å². The van der Waals surface area contributed by atoms with Crippen molar-refractivity contribution in [3.05, 3.63) is 12.2 Å². The van der Waals surface area contributed by atoms with Crippen LogP contribution in [0, 0.1) is 16.7 Å². The predicted octanol–water partition coefficient (Wildman–Crippen LogP) is 33.2. The van der Waals surface area contributed by atoms with E-state index >= 15 is 14.4 Å². The van der Waals surface area contributed by atoms with Gasteiger partial charge in [-0.25, -0.2) is 0 Å². The van der Waals surface area contributed by atoms with Crippen LogP contribution < -0.4 is 0 Å². The molecule has 3 atom stereocenters. The van der Waals surface area contributed by atoms with Crippen molar-refractivity contribution < 1.29 is 49.1 Å². The molecule has 0 aliphatic rings. The zero-order valence-electron chi connectivity index (χ0n) is 73.7. The van der Waals surface area contributed by atoms with Crippen LogP contribution in [0.1, 0.15) is 568 Å². The van der Waals surface area contributed by atoms with Crippen LogP contribution in [-0.4, -0.2) is 55.9 Å². The van der Waals surface area contributed by atoms with Gasteiger partial charge in [0.25, 0.3) is 0 Å². The Morgan fingerprint density at radius 2 is 0.468 bits per heavy atom. The first-order valence-corrected chi connectivity index (χ1v) is 49.1. The number of carbonyl (C=O) groups excluding carboxylic acids is 1. The molecule has 0 heterocycles. The lowest BCUT2D eigenvalue weighted by atomic mass is 9.46. The van der Waals surface area contributed by atoms with Crippen LogP contribution in [-0.2, 0) is 28.7 Å². The fraction of sp³-hybridized carbons (Fsp3) is 0.929. The van der Waals surface area contributed by atoms with Gasteiger partial charge in [-0.2, -0.15) is 0 Å². The molecule has 109 heavy (non-hydrogen) atoms. The molecule has 0 aliphatic carbocycles. The molecule has 0 rings (SSSR count). The summed E-state index contributed by atoms with van der Waals surface area (Å²) in [6, 6.07) is 0. The Morgan fingerprint density at radius 1 is 0.257 bits per heavy atom. The number of carboxylic acids is 4. The van der Waals surface area contributed by atoms with Crippen LogP contribution in [0.4, 0.5) is 0 Å². The number of esters is 1. The molecular weight excluding hydrogens is 1350 g/mol. The SMILES string of the molecule is CCCCCCCCC=CCCCCCCCC(=O)OC(CCCCCCCCCCCCCCCCCC)(C(CC(=O)O)C(=O)O)C(CCCCCCCCCCCCCCCCCC)(C(=O)O)C(CCCCCCCCCCCCCCCCCC)(CCCCCCCCCCCCCCCCCC)C(=O)O. The lowest BCUT2D eigenvalue weighted by Crippen LogP contribution is -2.70. The number of aliphatic carboxylic acids is 4. The van der Waals surface area contributed by atoms with Gasteiger partial charge in [0.1, 0.15) is 16.9 Å². The third kappa shape index (κ3) is 57.7. The highest BCUT2D eigenvalue weighted by molar-refractivity contribution is 5.91. The second kappa shape index (κ2) is 80.3. The van der Waals surface area contributed by atoms with E-state index in [-0.39, 0.29) is 38.5 Å². The topological polar surface area (TPSA) is 176 Å². The smallest absolute Gasteiger partial charge is 0.314 e. The first kappa shape index (κ1) is 106. The standard InChI is InChI=1S/C99H188O10/c1-6-11-16-21-26-31-36-41-46-51-56-61-66-71-76-81-86-97(95(105)106,87-82-77-72-67-62-57-52-47-42-37-32-27-22-17-12-7-2)98(96(107)108,88-83-78-73-68-63-58-53-48-43-38-33-28-23-18-13-8-3)99(91(94(103)104)90-92(100)101,89-84-79-74-69-64-59-54-49-44-39-34-29-24-19-14-9-4)109-93(102)85-80-75-70-65-60-55-50-45-40-35-30-25-20-15-10-5/h45,50,91H,6-44,46-49,51-90H2,1-5H3,(H,100,101)(H,103,104)(H,105,106)(H,107,108). The highest BCUT2D eigenvalue weighted by atomic mass is 16.6. The van der Waals surface area contributed by atoms with Crippen LogP contribution in [0.15, 0.2) is 12.2 Å². The van der Waals surface area contributed by atoms with E-state index in [1.54, 1.807) is 0 Å². The first-order valence-electron chi connectivity index (χ1n) is 49.1. The van der Waals surface area contributed by atoms with E-state index in [0.717, 1.165) is 141 Å². The van der Waals surface area contributed by atoms with E-state index in [0.29, 0.717) is 51.4 Å². The molecule has 644 valence electrons. The van der Waals surface area contributed by atoms with Crippen molar-refractivity contribution in [1.29, 1.82) is 0 Å². The molecule has 0 saturated carbocycles. The summed E-state index contributed by atoms with van der Waals surface area (Å²) in [6.07, 6.45) is 88.7. The molecule has 0 bridgehead atoms. The molecule has 10 nitrogen and oxygen atoms in total. The summed E-state index contributed by atoms with van der Waals surface area (Å²) in [6.45, 7) is 11.3. The summed E-state index contributed by atoms with van der Waals surface area (Å²) in [5, 5.41) is 48.3. The molecule has 10 heteroatoms. The number of allylic oxidation sites excluding steroid dienone is 2. The number of hydrogen-bond donors (Lipinski definition) is 4. The average molecular weight is 1540 g/mol. The number of hydrogen-bond acceptors (Lipinski definition) is 6. The fourth-order valence-electron chi connectivity index (χ4n) is 18.2. The Hall–Kier alpha value is -2.91. The Labute approximate surface area is 677 Å². The third-order valence-corrected chi connectivity index (χ3v) is 25.2. The van der Waals surface area contributed by atoms with Crippen molar-refractivity contribution in [3.8, 4) is 0 Å². The van der Waals surface area contributed by atoms with Crippen molar-refractivity contribution in [2.24, 2.45) is 16.7 Å². The normalized spacial score (nSPS) is 13.3. The van der Waals surface area contributed by atoms with Gasteiger partial charge in [0.2, 0.25) is 0 Å². The summed E-state index contributed by atoms with van der Waals surface area (Å²) in [5.41, 5.74) is -7.04. The predicted molar refractivity (Wildman–Crippen MR) is 468 cm³/mol. The van der Waals surface area contributed by atoms with E-state index in [9.17, 15) is 30.0 Å². The minimum Gasteiger partial charge on any atom is -0.481 e. The summed E-state index contributed by atoms with van der Waals surface area (Å²) >= 11 is 0. The van der Waals surface area contributed by atoms with Gasteiger partial charge in [-0.05, 0) is 64.2 Å². The van der Waals surface area contributed by atoms with Gasteiger partial charge in [-0.3, -0.25) is 24.0 Å². The largest absolute Gasteiger partial charge is 0.481 e. The maximum absolute atomic E-state index is 15.8. The molecule has 0 fully saturated rings. The molecule has 4 N–H and O–H groups in total. The van der Waals surface area contributed by atoms with Crippen molar-refractivity contribution in [2.75, 3.05) is 0 Å². The van der Waals surface area contributed by atoms with E-state index in [1.807, 2.05) is 0 Å². The highest BCUT2D eigenvalue weighted by Gasteiger charge is 2.74. The van der Waals surface area contributed by atoms with Crippen LogP contribution >= 0.6 is 0 Å². The second-order valence-electron chi connectivity index (χ2n) is 35.0. The number of carbonyl (C=O) groups is 5. The monoisotopic (exact) mass is 1540 g/mol. The summed E-state index contributed by atoms with van der Waals surface area (Å²) in [4.78, 5) is 74.6. The van der Waals surface area contributed by atoms with E-state index in [2.05, 4.69) is 46.8 Å². The number of carboxylic acid groups (broad SMARTS) is 4. The maximum atomic E-state index is 15.8. The van der Waals surface area contributed by atoms with E-state index in [1.165, 1.54) is 295 Å². The average Bonchev–Trinajstić information content (AvgIpc) is 0.697. The van der Waals surface area contributed by atoms with Crippen molar-refractivity contribution in [3.63, 3.8) is 0 Å². The molecule has 0 aromatic rings. The van der Waals surface area contributed by atoms with Crippen molar-refractivity contribution in [1.82, 2.24) is 0 Å². The summed E-state index contributed by atoms with van der Waals surface area (Å²) in [5.74, 6) is -8.47. The second-order valence-corrected chi connectivity index (χ2v) is 35.0. The quantitative estimate of drug-likeness (QED) is 0.0261. The van der Waals surface area contributed by atoms with Crippen molar-refractivity contribution in [2.45, 2.75) is 573 Å². The lowest BCUT2D eigenvalue weighted by Gasteiger charge is -2.57. The molecule has 0 aromatic carbocycles. The Bertz CT molecular complexity index is 1980. The first-order chi connectivity index (χ1) is 53.3. The molecule has 0 amide bonds. The third-order valence-electron chi connectivity index (χ3n) is 25.2. The molecule has 0 aromatic heterocycles. The van der Waals surface area contributed by atoms with Gasteiger partial charge in [-0.1, -0.05) is 503 Å². The fourth-order valence-corrected chi connectivity index (χ4v) is 18.2. The van der Waals surface area contributed by atoms with Crippen LogP contribution in [0.5, 0.6) is 0 Å².